The van der Waals surface area contributed by atoms with E-state index in [1.807, 2.05) is 0 Å². The summed E-state index contributed by atoms with van der Waals surface area (Å²) < 4.78 is 3.89. The first-order valence-electron chi connectivity index (χ1n) is 8.08. The molecule has 0 aliphatic carbocycles. The highest BCUT2D eigenvalue weighted by molar-refractivity contribution is 6.30. The normalized spacial score (nSPS) is 11.0. The van der Waals surface area contributed by atoms with E-state index < -0.39 is 11.1 Å². The number of aromatic nitrogens is 4. The van der Waals surface area contributed by atoms with E-state index in [1.165, 1.54) is 32.0 Å². The molecule has 0 unspecified atom stereocenters. The Labute approximate surface area is 157 Å². The Morgan fingerprint density at radius 2 is 1.67 bits per heavy atom. The van der Waals surface area contributed by atoms with Crippen LogP contribution in [0.15, 0.2) is 81.5 Å². The Hall–Kier alpha value is -3.45. The van der Waals surface area contributed by atoms with Crippen molar-refractivity contribution in [3.63, 3.8) is 0 Å². The van der Waals surface area contributed by atoms with Crippen LogP contribution in [-0.4, -0.2) is 18.5 Å². The molecule has 0 N–H and O–H groups in total. The SMILES string of the molecule is O=c1c(=O)n(-c2ccc(Cl)cc2)ccn1Cc1cc(=O)n2ccccc2n1. The minimum absolute atomic E-state index is 0.0240. The van der Waals surface area contributed by atoms with E-state index in [0.717, 1.165) is 0 Å². The van der Waals surface area contributed by atoms with Crippen LogP contribution in [0.4, 0.5) is 0 Å². The van der Waals surface area contributed by atoms with Crippen LogP contribution in [0, 0.1) is 0 Å². The molecule has 0 saturated carbocycles. The third kappa shape index (κ3) is 3.20. The highest BCUT2D eigenvalue weighted by Gasteiger charge is 2.09. The molecule has 4 aromatic rings. The lowest BCUT2D eigenvalue weighted by Gasteiger charge is -2.09. The Morgan fingerprint density at radius 3 is 2.44 bits per heavy atom. The molecular formula is C19H13ClN4O3. The van der Waals surface area contributed by atoms with Gasteiger partial charge in [0, 0.05) is 35.4 Å². The van der Waals surface area contributed by atoms with E-state index in [1.54, 1.807) is 48.7 Å². The summed E-state index contributed by atoms with van der Waals surface area (Å²) in [5.74, 6) is 0. The van der Waals surface area contributed by atoms with Gasteiger partial charge in [0.05, 0.1) is 12.2 Å². The Balaban J connectivity index is 1.74. The van der Waals surface area contributed by atoms with E-state index in [2.05, 4.69) is 4.98 Å². The second-order valence-electron chi connectivity index (χ2n) is 5.90. The van der Waals surface area contributed by atoms with Crippen LogP contribution in [0.3, 0.4) is 0 Å². The maximum absolute atomic E-state index is 12.5. The Morgan fingerprint density at radius 1 is 0.889 bits per heavy atom. The van der Waals surface area contributed by atoms with Crippen LogP contribution in [-0.2, 0) is 6.54 Å². The number of halogens is 1. The molecule has 0 spiro atoms. The topological polar surface area (TPSA) is 78.4 Å². The first kappa shape index (κ1) is 17.0. The summed E-state index contributed by atoms with van der Waals surface area (Å²) in [5.41, 5.74) is -0.242. The summed E-state index contributed by atoms with van der Waals surface area (Å²) in [4.78, 5) is 41.5. The molecule has 0 atom stereocenters. The molecule has 0 aliphatic rings. The molecule has 1 aromatic carbocycles. The fourth-order valence-corrected chi connectivity index (χ4v) is 2.92. The van der Waals surface area contributed by atoms with Crippen molar-refractivity contribution in [3.05, 3.63) is 109 Å². The molecule has 0 aliphatic heterocycles. The summed E-state index contributed by atoms with van der Waals surface area (Å²) in [5, 5.41) is 0.536. The van der Waals surface area contributed by atoms with Crippen molar-refractivity contribution in [1.82, 2.24) is 18.5 Å². The molecular weight excluding hydrogens is 368 g/mol. The van der Waals surface area contributed by atoms with Gasteiger partial charge in [-0.15, -0.1) is 0 Å². The van der Waals surface area contributed by atoms with E-state index in [-0.39, 0.29) is 12.1 Å². The zero-order valence-electron chi connectivity index (χ0n) is 13.9. The van der Waals surface area contributed by atoms with Gasteiger partial charge in [-0.3, -0.25) is 23.4 Å². The summed E-state index contributed by atoms with van der Waals surface area (Å²) in [7, 11) is 0. The highest BCUT2D eigenvalue weighted by Crippen LogP contribution is 2.11. The van der Waals surface area contributed by atoms with Crippen LogP contribution in [0.2, 0.25) is 5.02 Å². The van der Waals surface area contributed by atoms with Crippen molar-refractivity contribution in [1.29, 1.82) is 0 Å². The van der Waals surface area contributed by atoms with Gasteiger partial charge < -0.3 is 4.57 Å². The van der Waals surface area contributed by atoms with Crippen LogP contribution >= 0.6 is 11.6 Å². The number of nitrogens with zero attached hydrogens (tertiary/aromatic N) is 4. The van der Waals surface area contributed by atoms with Crippen molar-refractivity contribution in [2.45, 2.75) is 6.54 Å². The van der Waals surface area contributed by atoms with Gasteiger partial charge in [0.15, 0.2) is 0 Å². The summed E-state index contributed by atoms with van der Waals surface area (Å²) in [6, 6.07) is 13.1. The molecule has 3 aromatic heterocycles. The van der Waals surface area contributed by atoms with Crippen molar-refractivity contribution in [2.75, 3.05) is 0 Å². The van der Waals surface area contributed by atoms with Gasteiger partial charge in [-0.25, -0.2) is 4.98 Å². The summed E-state index contributed by atoms with van der Waals surface area (Å²) in [6.07, 6.45) is 4.61. The molecule has 27 heavy (non-hydrogen) atoms. The molecule has 8 heteroatoms. The van der Waals surface area contributed by atoms with Crippen LogP contribution in [0.1, 0.15) is 5.69 Å². The Kier molecular flexibility index (Phi) is 4.21. The second-order valence-corrected chi connectivity index (χ2v) is 6.33. The average Bonchev–Trinajstić information content (AvgIpc) is 2.67. The predicted octanol–water partition coefficient (Wildman–Crippen LogP) is 1.71. The lowest BCUT2D eigenvalue weighted by molar-refractivity contribution is 0.702. The maximum Gasteiger partial charge on any atom is 0.320 e. The first-order valence-corrected chi connectivity index (χ1v) is 8.46. The van der Waals surface area contributed by atoms with Gasteiger partial charge in [-0.2, -0.15) is 0 Å². The fraction of sp³-hybridized carbons (Fsp3) is 0.0526. The third-order valence-electron chi connectivity index (χ3n) is 4.12. The van der Waals surface area contributed by atoms with E-state index in [4.69, 9.17) is 11.6 Å². The molecule has 0 amide bonds. The average molecular weight is 381 g/mol. The van der Waals surface area contributed by atoms with E-state index in [0.29, 0.717) is 22.1 Å². The van der Waals surface area contributed by atoms with Gasteiger partial charge in [0.25, 0.3) is 5.56 Å². The summed E-state index contributed by atoms with van der Waals surface area (Å²) >= 11 is 5.85. The highest BCUT2D eigenvalue weighted by atomic mass is 35.5. The number of rotatable bonds is 3. The number of benzene rings is 1. The van der Waals surface area contributed by atoms with Crippen molar-refractivity contribution in [3.8, 4) is 5.69 Å². The molecule has 3 heterocycles. The van der Waals surface area contributed by atoms with Crippen LogP contribution < -0.4 is 16.7 Å². The first-order chi connectivity index (χ1) is 13.0. The molecule has 0 fully saturated rings. The van der Waals surface area contributed by atoms with Crippen molar-refractivity contribution < 1.29 is 0 Å². The van der Waals surface area contributed by atoms with Gasteiger partial charge >= 0.3 is 11.1 Å². The summed E-state index contributed by atoms with van der Waals surface area (Å²) in [6.45, 7) is 0.0240. The zero-order chi connectivity index (χ0) is 19.0. The van der Waals surface area contributed by atoms with E-state index in [9.17, 15) is 14.4 Å². The zero-order valence-corrected chi connectivity index (χ0v) is 14.7. The van der Waals surface area contributed by atoms with Crippen LogP contribution in [0.25, 0.3) is 11.3 Å². The molecule has 0 saturated heterocycles. The van der Waals surface area contributed by atoms with Gasteiger partial charge in [-0.05, 0) is 36.4 Å². The number of hydrogen-bond acceptors (Lipinski definition) is 4. The van der Waals surface area contributed by atoms with Gasteiger partial charge in [-0.1, -0.05) is 17.7 Å². The van der Waals surface area contributed by atoms with Gasteiger partial charge in [0.1, 0.15) is 5.65 Å². The van der Waals surface area contributed by atoms with Crippen molar-refractivity contribution >= 4 is 17.2 Å². The Bertz CT molecular complexity index is 1320. The lowest BCUT2D eigenvalue weighted by atomic mass is 10.3. The van der Waals surface area contributed by atoms with Crippen LogP contribution in [0.5, 0.6) is 0 Å². The minimum atomic E-state index is -0.706. The molecule has 0 bridgehead atoms. The predicted molar refractivity (Wildman–Crippen MR) is 102 cm³/mol. The van der Waals surface area contributed by atoms with Gasteiger partial charge in [0.2, 0.25) is 0 Å². The monoisotopic (exact) mass is 380 g/mol. The number of pyridine rings is 1. The fourth-order valence-electron chi connectivity index (χ4n) is 2.80. The maximum atomic E-state index is 12.5. The standard InChI is InChI=1S/C19H13ClN4O3/c20-13-4-6-15(7-5-13)23-10-9-22(18(26)19(23)27)12-14-11-17(25)24-8-2-1-3-16(24)21-14/h1-11H,12H2. The molecule has 7 nitrogen and oxygen atoms in total. The third-order valence-corrected chi connectivity index (χ3v) is 4.37. The quantitative estimate of drug-likeness (QED) is 0.507. The number of hydrogen-bond donors (Lipinski definition) is 0. The van der Waals surface area contributed by atoms with Crippen molar-refractivity contribution in [2.24, 2.45) is 0 Å². The lowest BCUT2D eigenvalue weighted by Crippen LogP contribution is -2.40. The molecule has 4 rings (SSSR count). The molecule has 0 radical (unpaired) electrons. The van der Waals surface area contributed by atoms with E-state index >= 15 is 0 Å². The smallest absolute Gasteiger partial charge is 0.303 e. The minimum Gasteiger partial charge on any atom is -0.303 e. The largest absolute Gasteiger partial charge is 0.320 e. The number of fused-ring (bicyclic) bond motifs is 1. The second kappa shape index (κ2) is 6.69. The molecule has 134 valence electrons.